The van der Waals surface area contributed by atoms with E-state index in [0.717, 1.165) is 32.2 Å². The van der Waals surface area contributed by atoms with Crippen molar-refractivity contribution in [3.63, 3.8) is 0 Å². The number of carbonyl (C=O) groups is 1. The molecule has 1 unspecified atom stereocenters. The van der Waals surface area contributed by atoms with Gasteiger partial charge in [0, 0.05) is 50.9 Å². The van der Waals surface area contributed by atoms with Gasteiger partial charge in [0.2, 0.25) is 21.8 Å². The summed E-state index contributed by atoms with van der Waals surface area (Å²) in [5, 5.41) is -0.135. The number of piperidine rings is 1. The summed E-state index contributed by atoms with van der Waals surface area (Å²) >= 11 is 0. The first-order valence-corrected chi connectivity index (χ1v) is 11.2. The Balaban J connectivity index is 1.22. The second-order valence-electron chi connectivity index (χ2n) is 7.81. The lowest BCUT2D eigenvalue weighted by molar-refractivity contribution is -0.128. The molecule has 3 heterocycles. The quantitative estimate of drug-likeness (QED) is 0.682. The van der Waals surface area contributed by atoms with Gasteiger partial charge in [-0.3, -0.25) is 9.78 Å². The predicted molar refractivity (Wildman–Crippen MR) is 98.5 cm³/mol. The third-order valence-electron chi connectivity index (χ3n) is 5.66. The van der Waals surface area contributed by atoms with Crippen LogP contribution in [0.4, 0.5) is 0 Å². The van der Waals surface area contributed by atoms with E-state index in [1.165, 1.54) is 0 Å². The van der Waals surface area contributed by atoms with E-state index in [1.807, 2.05) is 4.90 Å². The highest BCUT2D eigenvalue weighted by Crippen LogP contribution is 2.33. The standard InChI is InChI=1S/C18H26N4O4S/c23-18-9-15(13-26-17-10-19-5-6-20-17)12-21(18)11-14-3-7-22(8-4-14)27(24,25)16-1-2-16/h5-6,10,14-16H,1-4,7-9,11-13H2. The van der Waals surface area contributed by atoms with Gasteiger partial charge in [-0.2, -0.15) is 0 Å². The van der Waals surface area contributed by atoms with Crippen molar-refractivity contribution >= 4 is 15.9 Å². The van der Waals surface area contributed by atoms with Crippen LogP contribution in [0.15, 0.2) is 18.6 Å². The van der Waals surface area contributed by atoms with Gasteiger partial charge in [0.15, 0.2) is 0 Å². The molecule has 1 aliphatic carbocycles. The molecule has 0 bridgehead atoms. The van der Waals surface area contributed by atoms with Gasteiger partial charge in [0.05, 0.1) is 18.1 Å². The first-order valence-electron chi connectivity index (χ1n) is 9.68. The smallest absolute Gasteiger partial charge is 0.232 e. The lowest BCUT2D eigenvalue weighted by atomic mass is 9.97. The third kappa shape index (κ3) is 4.40. The van der Waals surface area contributed by atoms with E-state index < -0.39 is 10.0 Å². The Labute approximate surface area is 160 Å². The van der Waals surface area contributed by atoms with Crippen molar-refractivity contribution in [1.29, 1.82) is 0 Å². The molecule has 0 aromatic carbocycles. The number of likely N-dealkylation sites (tertiary alicyclic amines) is 1. The summed E-state index contributed by atoms with van der Waals surface area (Å²) in [6.45, 7) is 3.05. The van der Waals surface area contributed by atoms with Gasteiger partial charge in [0.1, 0.15) is 0 Å². The van der Waals surface area contributed by atoms with Gasteiger partial charge < -0.3 is 9.64 Å². The largest absolute Gasteiger partial charge is 0.476 e. The molecule has 0 spiro atoms. The Morgan fingerprint density at radius 2 is 1.89 bits per heavy atom. The summed E-state index contributed by atoms with van der Waals surface area (Å²) in [7, 11) is -3.07. The summed E-state index contributed by atoms with van der Waals surface area (Å²) < 4.78 is 31.9. The van der Waals surface area contributed by atoms with E-state index in [9.17, 15) is 13.2 Å². The highest BCUT2D eigenvalue weighted by atomic mass is 32.2. The molecular weight excluding hydrogens is 368 g/mol. The molecule has 4 rings (SSSR count). The SMILES string of the molecule is O=C1CC(COc2cnccn2)CN1CC1CCN(S(=O)(=O)C2CC2)CC1. The third-order valence-corrected chi connectivity index (χ3v) is 8.06. The number of sulfonamides is 1. The molecule has 3 fully saturated rings. The average molecular weight is 394 g/mol. The van der Waals surface area contributed by atoms with Crippen LogP contribution in [0.3, 0.4) is 0 Å². The molecule has 9 heteroatoms. The van der Waals surface area contributed by atoms with Crippen LogP contribution in [-0.2, 0) is 14.8 Å². The second kappa shape index (κ2) is 7.71. The number of aromatic nitrogens is 2. The van der Waals surface area contributed by atoms with Gasteiger partial charge in [0.25, 0.3) is 0 Å². The van der Waals surface area contributed by atoms with Crippen LogP contribution in [0.1, 0.15) is 32.1 Å². The summed E-state index contributed by atoms with van der Waals surface area (Å²) in [6.07, 6.45) is 8.51. The second-order valence-corrected chi connectivity index (χ2v) is 10.0. The molecule has 0 N–H and O–H groups in total. The zero-order valence-corrected chi connectivity index (χ0v) is 16.2. The Kier molecular flexibility index (Phi) is 5.32. The van der Waals surface area contributed by atoms with E-state index in [1.54, 1.807) is 22.9 Å². The van der Waals surface area contributed by atoms with Crippen molar-refractivity contribution in [2.75, 3.05) is 32.8 Å². The summed E-state index contributed by atoms with van der Waals surface area (Å²) in [5.41, 5.74) is 0. The molecule has 1 aromatic heterocycles. The minimum Gasteiger partial charge on any atom is -0.476 e. The van der Waals surface area contributed by atoms with Crippen LogP contribution in [0.2, 0.25) is 0 Å². The number of carbonyl (C=O) groups excluding carboxylic acids is 1. The zero-order valence-electron chi connectivity index (χ0n) is 15.4. The van der Waals surface area contributed by atoms with Crippen molar-refractivity contribution < 1.29 is 17.9 Å². The first-order chi connectivity index (χ1) is 13.0. The average Bonchev–Trinajstić information content (AvgIpc) is 3.48. The van der Waals surface area contributed by atoms with E-state index in [4.69, 9.17) is 4.74 Å². The van der Waals surface area contributed by atoms with Crippen LogP contribution in [0.25, 0.3) is 0 Å². The van der Waals surface area contributed by atoms with Crippen molar-refractivity contribution in [2.24, 2.45) is 11.8 Å². The summed E-state index contributed by atoms with van der Waals surface area (Å²) in [4.78, 5) is 22.3. The number of ether oxygens (including phenoxy) is 1. The monoisotopic (exact) mass is 394 g/mol. The van der Waals surface area contributed by atoms with Crippen LogP contribution >= 0.6 is 0 Å². The fourth-order valence-corrected chi connectivity index (χ4v) is 5.81. The molecule has 1 amide bonds. The van der Waals surface area contributed by atoms with Crippen LogP contribution in [0.5, 0.6) is 5.88 Å². The molecule has 27 heavy (non-hydrogen) atoms. The number of rotatable bonds is 7. The molecule has 2 saturated heterocycles. The minimum absolute atomic E-state index is 0.135. The first kappa shape index (κ1) is 18.6. The highest BCUT2D eigenvalue weighted by Gasteiger charge is 2.41. The molecular formula is C18H26N4O4S. The van der Waals surface area contributed by atoms with Crippen LogP contribution in [-0.4, -0.2) is 71.5 Å². The van der Waals surface area contributed by atoms with Crippen LogP contribution in [0, 0.1) is 11.8 Å². The number of hydrogen-bond acceptors (Lipinski definition) is 6. The summed E-state index contributed by atoms with van der Waals surface area (Å²) in [5.74, 6) is 1.18. The zero-order chi connectivity index (χ0) is 18.9. The lowest BCUT2D eigenvalue weighted by Gasteiger charge is -2.33. The molecule has 1 atom stereocenters. The predicted octanol–water partition coefficient (Wildman–Crippen LogP) is 0.908. The topological polar surface area (TPSA) is 92.7 Å². The normalized spacial score (nSPS) is 25.1. The van der Waals surface area contributed by atoms with Crippen molar-refractivity contribution in [2.45, 2.75) is 37.4 Å². The maximum atomic E-state index is 12.3. The van der Waals surface area contributed by atoms with Gasteiger partial charge in [-0.1, -0.05) is 0 Å². The number of amides is 1. The van der Waals surface area contributed by atoms with Crippen LogP contribution < -0.4 is 4.74 Å². The molecule has 148 valence electrons. The van der Waals surface area contributed by atoms with E-state index in [0.29, 0.717) is 44.5 Å². The minimum atomic E-state index is -3.07. The molecule has 2 aliphatic heterocycles. The molecule has 8 nitrogen and oxygen atoms in total. The van der Waals surface area contributed by atoms with E-state index in [-0.39, 0.29) is 17.1 Å². The Hall–Kier alpha value is -1.74. The fourth-order valence-electron chi connectivity index (χ4n) is 3.94. The summed E-state index contributed by atoms with van der Waals surface area (Å²) in [6, 6.07) is 0. The number of hydrogen-bond donors (Lipinski definition) is 0. The van der Waals surface area contributed by atoms with Gasteiger partial charge >= 0.3 is 0 Å². The van der Waals surface area contributed by atoms with Gasteiger partial charge in [-0.25, -0.2) is 17.7 Å². The lowest BCUT2D eigenvalue weighted by Crippen LogP contribution is -2.43. The maximum Gasteiger partial charge on any atom is 0.232 e. The fraction of sp³-hybridized carbons (Fsp3) is 0.722. The van der Waals surface area contributed by atoms with Gasteiger partial charge in [-0.05, 0) is 31.6 Å². The Morgan fingerprint density at radius 1 is 1.11 bits per heavy atom. The molecule has 1 aromatic rings. The highest BCUT2D eigenvalue weighted by molar-refractivity contribution is 7.90. The molecule has 1 saturated carbocycles. The maximum absolute atomic E-state index is 12.3. The number of nitrogens with zero attached hydrogens (tertiary/aromatic N) is 4. The molecule has 3 aliphatic rings. The molecule has 0 radical (unpaired) electrons. The Bertz CT molecular complexity index is 761. The van der Waals surface area contributed by atoms with Crippen molar-refractivity contribution in [1.82, 2.24) is 19.2 Å². The van der Waals surface area contributed by atoms with E-state index in [2.05, 4.69) is 9.97 Å². The van der Waals surface area contributed by atoms with Crippen molar-refractivity contribution in [3.05, 3.63) is 18.6 Å². The van der Waals surface area contributed by atoms with Crippen molar-refractivity contribution in [3.8, 4) is 5.88 Å². The van der Waals surface area contributed by atoms with Gasteiger partial charge in [-0.15, -0.1) is 0 Å². The van der Waals surface area contributed by atoms with E-state index >= 15 is 0 Å². The Morgan fingerprint density at radius 3 is 2.56 bits per heavy atom.